The van der Waals surface area contributed by atoms with Crippen molar-refractivity contribution < 1.29 is 13.6 Å². The van der Waals surface area contributed by atoms with Crippen LogP contribution in [0.3, 0.4) is 0 Å². The molecule has 1 fully saturated rings. The van der Waals surface area contributed by atoms with Gasteiger partial charge in [-0.05, 0) is 35.4 Å². The summed E-state index contributed by atoms with van der Waals surface area (Å²) in [5.41, 5.74) is 7.22. The largest absolute Gasteiger partial charge is 0.368 e. The topological polar surface area (TPSA) is 58.4 Å². The molecule has 2 aromatic carbocycles. The molecule has 3 N–H and O–H groups in total. The van der Waals surface area contributed by atoms with E-state index in [1.54, 1.807) is 24.3 Å². The van der Waals surface area contributed by atoms with E-state index in [0.29, 0.717) is 19.6 Å². The van der Waals surface area contributed by atoms with Crippen molar-refractivity contribution in [2.45, 2.75) is 12.1 Å². The Morgan fingerprint density at radius 2 is 1.52 bits per heavy atom. The Morgan fingerprint density at radius 1 is 1.04 bits per heavy atom. The lowest BCUT2D eigenvalue weighted by Gasteiger charge is -2.40. The molecule has 1 unspecified atom stereocenters. The predicted molar refractivity (Wildman–Crippen MR) is 94.4 cm³/mol. The van der Waals surface area contributed by atoms with Crippen molar-refractivity contribution in [2.24, 2.45) is 5.73 Å². The molecule has 1 heterocycles. The Morgan fingerprint density at radius 3 is 1.96 bits per heavy atom. The molecule has 3 rings (SSSR count). The molecule has 0 spiro atoms. The quantitative estimate of drug-likeness (QED) is 0.871. The van der Waals surface area contributed by atoms with E-state index in [9.17, 15) is 13.6 Å². The molecule has 0 saturated carbocycles. The molecule has 1 amide bonds. The van der Waals surface area contributed by atoms with Crippen LogP contribution in [0.1, 0.15) is 17.2 Å². The number of benzene rings is 2. The van der Waals surface area contributed by atoms with Crippen LogP contribution in [0.25, 0.3) is 0 Å². The highest BCUT2D eigenvalue weighted by atomic mass is 35.5. The SMILES string of the molecule is Cl.NC(=O)C1CNCCN1C(c1ccc(F)cc1)c1ccc(F)cc1. The minimum absolute atomic E-state index is 0. The van der Waals surface area contributed by atoms with Gasteiger partial charge in [-0.25, -0.2) is 8.78 Å². The first kappa shape index (κ1) is 19.3. The van der Waals surface area contributed by atoms with E-state index in [-0.39, 0.29) is 30.1 Å². The Balaban J connectivity index is 0.00000225. The van der Waals surface area contributed by atoms with Gasteiger partial charge in [-0.15, -0.1) is 12.4 Å². The number of nitrogens with two attached hydrogens (primary N) is 1. The van der Waals surface area contributed by atoms with E-state index in [0.717, 1.165) is 11.1 Å². The molecule has 25 heavy (non-hydrogen) atoms. The van der Waals surface area contributed by atoms with Crippen molar-refractivity contribution >= 4 is 18.3 Å². The number of nitrogens with one attached hydrogen (secondary N) is 1. The molecule has 1 atom stereocenters. The number of primary amides is 1. The molecular formula is C18H20ClF2N3O. The molecule has 0 aliphatic carbocycles. The first-order valence-corrected chi connectivity index (χ1v) is 7.83. The van der Waals surface area contributed by atoms with Gasteiger partial charge in [-0.1, -0.05) is 24.3 Å². The van der Waals surface area contributed by atoms with Gasteiger partial charge in [0, 0.05) is 19.6 Å². The van der Waals surface area contributed by atoms with Gasteiger partial charge in [0.1, 0.15) is 17.7 Å². The number of halogens is 3. The van der Waals surface area contributed by atoms with Gasteiger partial charge in [-0.2, -0.15) is 0 Å². The van der Waals surface area contributed by atoms with Crippen LogP contribution >= 0.6 is 12.4 Å². The molecule has 1 aliphatic rings. The van der Waals surface area contributed by atoms with E-state index in [1.807, 2.05) is 4.90 Å². The van der Waals surface area contributed by atoms with Gasteiger partial charge in [0.05, 0.1) is 6.04 Å². The summed E-state index contributed by atoms with van der Waals surface area (Å²) in [6, 6.07) is 11.5. The van der Waals surface area contributed by atoms with Crippen LogP contribution in [0.2, 0.25) is 0 Å². The lowest BCUT2D eigenvalue weighted by atomic mass is 9.94. The molecule has 134 valence electrons. The maximum Gasteiger partial charge on any atom is 0.236 e. The summed E-state index contributed by atoms with van der Waals surface area (Å²) in [4.78, 5) is 13.8. The molecule has 1 aliphatic heterocycles. The summed E-state index contributed by atoms with van der Waals surface area (Å²) in [5, 5.41) is 3.16. The van der Waals surface area contributed by atoms with Crippen LogP contribution in [0.4, 0.5) is 8.78 Å². The molecule has 1 saturated heterocycles. The summed E-state index contributed by atoms with van der Waals surface area (Å²) in [5.74, 6) is -1.08. The number of rotatable bonds is 4. The van der Waals surface area contributed by atoms with Gasteiger partial charge >= 0.3 is 0 Å². The third-order valence-corrected chi connectivity index (χ3v) is 4.32. The van der Waals surface area contributed by atoms with Crippen LogP contribution in [-0.4, -0.2) is 36.5 Å². The maximum atomic E-state index is 13.3. The number of carbonyl (C=O) groups is 1. The molecule has 0 bridgehead atoms. The Hall–Kier alpha value is -2.02. The minimum atomic E-state index is -0.487. The van der Waals surface area contributed by atoms with Gasteiger partial charge < -0.3 is 11.1 Å². The highest BCUT2D eigenvalue weighted by Gasteiger charge is 2.34. The summed E-state index contributed by atoms with van der Waals surface area (Å²) < 4.78 is 26.6. The summed E-state index contributed by atoms with van der Waals surface area (Å²) in [6.07, 6.45) is 0. The van der Waals surface area contributed by atoms with Crippen LogP contribution in [0.5, 0.6) is 0 Å². The van der Waals surface area contributed by atoms with E-state index in [2.05, 4.69) is 5.32 Å². The number of nitrogens with zero attached hydrogens (tertiary/aromatic N) is 1. The zero-order valence-electron chi connectivity index (χ0n) is 13.5. The summed E-state index contributed by atoms with van der Waals surface area (Å²) in [6.45, 7) is 1.77. The van der Waals surface area contributed by atoms with E-state index >= 15 is 0 Å². The van der Waals surface area contributed by atoms with Crippen molar-refractivity contribution in [1.29, 1.82) is 0 Å². The van der Waals surface area contributed by atoms with Gasteiger partial charge in [0.25, 0.3) is 0 Å². The Kier molecular flexibility index (Phi) is 6.47. The lowest BCUT2D eigenvalue weighted by Crippen LogP contribution is -2.57. The van der Waals surface area contributed by atoms with Crippen LogP contribution in [0, 0.1) is 11.6 Å². The predicted octanol–water partition coefficient (Wildman–Crippen LogP) is 2.24. The first-order valence-electron chi connectivity index (χ1n) is 7.83. The molecule has 2 aromatic rings. The fourth-order valence-corrected chi connectivity index (χ4v) is 3.16. The van der Waals surface area contributed by atoms with Crippen LogP contribution in [0.15, 0.2) is 48.5 Å². The molecule has 7 heteroatoms. The average molecular weight is 368 g/mol. The van der Waals surface area contributed by atoms with Gasteiger partial charge in [-0.3, -0.25) is 9.69 Å². The molecule has 0 aromatic heterocycles. The van der Waals surface area contributed by atoms with Crippen molar-refractivity contribution in [3.8, 4) is 0 Å². The zero-order chi connectivity index (χ0) is 17.1. The van der Waals surface area contributed by atoms with Crippen molar-refractivity contribution in [3.63, 3.8) is 0 Å². The van der Waals surface area contributed by atoms with E-state index in [1.165, 1.54) is 24.3 Å². The lowest BCUT2D eigenvalue weighted by molar-refractivity contribution is -0.124. The zero-order valence-corrected chi connectivity index (χ0v) is 14.3. The minimum Gasteiger partial charge on any atom is -0.368 e. The third kappa shape index (κ3) is 4.34. The number of piperazine rings is 1. The van der Waals surface area contributed by atoms with Crippen LogP contribution < -0.4 is 11.1 Å². The smallest absolute Gasteiger partial charge is 0.236 e. The normalized spacial score (nSPS) is 18.0. The van der Waals surface area contributed by atoms with Gasteiger partial charge in [0.2, 0.25) is 5.91 Å². The fraction of sp³-hybridized carbons (Fsp3) is 0.278. The van der Waals surface area contributed by atoms with Crippen molar-refractivity contribution in [1.82, 2.24) is 10.2 Å². The van der Waals surface area contributed by atoms with Crippen molar-refractivity contribution in [2.75, 3.05) is 19.6 Å². The second-order valence-corrected chi connectivity index (χ2v) is 5.87. The van der Waals surface area contributed by atoms with Crippen molar-refractivity contribution in [3.05, 3.63) is 71.3 Å². The number of carbonyl (C=O) groups excluding carboxylic acids is 1. The van der Waals surface area contributed by atoms with E-state index in [4.69, 9.17) is 5.73 Å². The summed E-state index contributed by atoms with van der Waals surface area (Å²) in [7, 11) is 0. The average Bonchev–Trinajstić information content (AvgIpc) is 2.59. The molecule has 0 radical (unpaired) electrons. The molecular weight excluding hydrogens is 348 g/mol. The number of hydrogen-bond donors (Lipinski definition) is 2. The molecule has 4 nitrogen and oxygen atoms in total. The van der Waals surface area contributed by atoms with Crippen LogP contribution in [-0.2, 0) is 4.79 Å². The maximum absolute atomic E-state index is 13.3. The second kappa shape index (κ2) is 8.38. The number of amides is 1. The fourth-order valence-electron chi connectivity index (χ4n) is 3.16. The van der Waals surface area contributed by atoms with Gasteiger partial charge in [0.15, 0.2) is 0 Å². The summed E-state index contributed by atoms with van der Waals surface area (Å²) >= 11 is 0. The highest BCUT2D eigenvalue weighted by molar-refractivity contribution is 5.85. The Bertz CT molecular complexity index is 664. The first-order chi connectivity index (χ1) is 11.6. The number of hydrogen-bond acceptors (Lipinski definition) is 3. The monoisotopic (exact) mass is 367 g/mol. The Labute approximate surface area is 151 Å². The highest BCUT2D eigenvalue weighted by Crippen LogP contribution is 2.31. The third-order valence-electron chi connectivity index (χ3n) is 4.32. The standard InChI is InChI=1S/C18H19F2N3O.ClH/c19-14-5-1-12(2-6-14)17(13-3-7-15(20)8-4-13)23-10-9-22-11-16(23)18(21)24;/h1-8,16-17,22H,9-11H2,(H2,21,24);1H. The second-order valence-electron chi connectivity index (χ2n) is 5.87. The van der Waals surface area contributed by atoms with E-state index < -0.39 is 11.9 Å².